The first-order valence-electron chi connectivity index (χ1n) is 6.43. The van der Waals surface area contributed by atoms with Gasteiger partial charge in [0, 0.05) is 11.6 Å². The number of rotatable bonds is 5. The predicted octanol–water partition coefficient (Wildman–Crippen LogP) is 3.85. The molecule has 0 saturated carbocycles. The minimum atomic E-state index is 0.239. The van der Waals surface area contributed by atoms with Gasteiger partial charge in [-0.25, -0.2) is 0 Å². The maximum Gasteiger partial charge on any atom is 0.0654 e. The highest BCUT2D eigenvalue weighted by Gasteiger charge is 2.14. The molecule has 0 aliphatic carbocycles. The van der Waals surface area contributed by atoms with Crippen LogP contribution in [0.1, 0.15) is 31.5 Å². The van der Waals surface area contributed by atoms with Crippen molar-refractivity contribution in [2.24, 2.45) is 0 Å². The Morgan fingerprint density at radius 1 is 1.33 bits per heavy atom. The number of nitrogens with zero attached hydrogens (tertiary/aromatic N) is 1. The van der Waals surface area contributed by atoms with Crippen molar-refractivity contribution in [3.05, 3.63) is 54.4 Å². The second kappa shape index (κ2) is 5.78. The van der Waals surface area contributed by atoms with E-state index in [0.29, 0.717) is 0 Å². The zero-order valence-corrected chi connectivity index (χ0v) is 11.1. The van der Waals surface area contributed by atoms with Crippen LogP contribution in [0.3, 0.4) is 0 Å². The highest BCUT2D eigenvalue weighted by Crippen LogP contribution is 2.26. The van der Waals surface area contributed by atoms with Crippen molar-refractivity contribution >= 4 is 10.8 Å². The molecule has 0 fully saturated rings. The molecule has 18 heavy (non-hydrogen) atoms. The van der Waals surface area contributed by atoms with E-state index in [1.807, 2.05) is 13.2 Å². The molecule has 2 heteroatoms. The number of benzene rings is 1. The molecule has 1 heterocycles. The van der Waals surface area contributed by atoms with Gasteiger partial charge in [-0.15, -0.1) is 0 Å². The second-order valence-electron chi connectivity index (χ2n) is 4.57. The molecule has 1 aromatic carbocycles. The SMILES string of the molecule is C=C(CC)CC(NC)c1nccc2ccccc12. The summed E-state index contributed by atoms with van der Waals surface area (Å²) in [5.74, 6) is 0. The zero-order valence-electron chi connectivity index (χ0n) is 11.1. The Morgan fingerprint density at radius 3 is 2.83 bits per heavy atom. The van der Waals surface area contributed by atoms with Crippen molar-refractivity contribution in [1.82, 2.24) is 10.3 Å². The summed E-state index contributed by atoms with van der Waals surface area (Å²) in [4.78, 5) is 4.56. The number of nitrogens with one attached hydrogen (secondary N) is 1. The summed E-state index contributed by atoms with van der Waals surface area (Å²) in [6, 6.07) is 10.7. The van der Waals surface area contributed by atoms with E-state index in [0.717, 1.165) is 18.5 Å². The standard InChI is InChI=1S/C16H20N2/c1-4-12(2)11-15(17-3)16-14-8-6-5-7-13(14)9-10-18-16/h5-10,15,17H,2,4,11H2,1,3H3. The molecule has 0 amide bonds. The molecule has 0 saturated heterocycles. The van der Waals surface area contributed by atoms with Gasteiger partial charge in [0.25, 0.3) is 0 Å². The highest BCUT2D eigenvalue weighted by molar-refractivity contribution is 5.84. The van der Waals surface area contributed by atoms with Crippen molar-refractivity contribution < 1.29 is 0 Å². The first kappa shape index (κ1) is 12.8. The quantitative estimate of drug-likeness (QED) is 0.803. The zero-order chi connectivity index (χ0) is 13.0. The van der Waals surface area contributed by atoms with Gasteiger partial charge < -0.3 is 5.32 Å². The van der Waals surface area contributed by atoms with Crippen molar-refractivity contribution in [3.8, 4) is 0 Å². The van der Waals surface area contributed by atoms with Crippen LogP contribution in [0.25, 0.3) is 10.8 Å². The average Bonchev–Trinajstić information content (AvgIpc) is 2.44. The molecular weight excluding hydrogens is 220 g/mol. The minimum absolute atomic E-state index is 0.239. The number of hydrogen-bond donors (Lipinski definition) is 1. The van der Waals surface area contributed by atoms with Crippen molar-refractivity contribution in [2.75, 3.05) is 7.05 Å². The molecule has 1 aromatic heterocycles. The molecular formula is C16H20N2. The molecule has 1 atom stereocenters. The number of pyridine rings is 1. The molecule has 1 N–H and O–H groups in total. The van der Waals surface area contributed by atoms with Gasteiger partial charge in [0.2, 0.25) is 0 Å². The lowest BCUT2D eigenvalue weighted by molar-refractivity contribution is 0.572. The van der Waals surface area contributed by atoms with Gasteiger partial charge in [-0.3, -0.25) is 4.98 Å². The van der Waals surface area contributed by atoms with Gasteiger partial charge >= 0.3 is 0 Å². The Hall–Kier alpha value is -1.67. The number of hydrogen-bond acceptors (Lipinski definition) is 2. The lowest BCUT2D eigenvalue weighted by atomic mass is 9.98. The Morgan fingerprint density at radius 2 is 2.11 bits per heavy atom. The first-order chi connectivity index (χ1) is 8.76. The van der Waals surface area contributed by atoms with Crippen LogP contribution >= 0.6 is 0 Å². The average molecular weight is 240 g/mol. The van der Waals surface area contributed by atoms with E-state index >= 15 is 0 Å². The fraction of sp³-hybridized carbons (Fsp3) is 0.312. The van der Waals surface area contributed by atoms with Crippen LogP contribution < -0.4 is 5.32 Å². The Labute approximate surface area is 109 Å². The third-order valence-electron chi connectivity index (χ3n) is 3.38. The predicted molar refractivity (Wildman–Crippen MR) is 77.6 cm³/mol. The second-order valence-corrected chi connectivity index (χ2v) is 4.57. The van der Waals surface area contributed by atoms with Crippen molar-refractivity contribution in [2.45, 2.75) is 25.8 Å². The van der Waals surface area contributed by atoms with Crippen LogP contribution in [0.4, 0.5) is 0 Å². The lowest BCUT2D eigenvalue weighted by Gasteiger charge is -2.18. The third kappa shape index (κ3) is 2.59. The van der Waals surface area contributed by atoms with Gasteiger partial charge in [0.05, 0.1) is 11.7 Å². The van der Waals surface area contributed by atoms with E-state index in [2.05, 4.69) is 54.1 Å². The number of aromatic nitrogens is 1. The van der Waals surface area contributed by atoms with E-state index in [-0.39, 0.29) is 6.04 Å². The molecule has 1 unspecified atom stereocenters. The molecule has 0 aliphatic heterocycles. The van der Waals surface area contributed by atoms with Crippen LogP contribution in [-0.2, 0) is 0 Å². The van der Waals surface area contributed by atoms with E-state index in [1.54, 1.807) is 0 Å². The minimum Gasteiger partial charge on any atom is -0.311 e. The fourth-order valence-electron chi connectivity index (χ4n) is 2.19. The molecule has 2 nitrogen and oxygen atoms in total. The van der Waals surface area contributed by atoms with Crippen LogP contribution in [0.2, 0.25) is 0 Å². The van der Waals surface area contributed by atoms with E-state index in [9.17, 15) is 0 Å². The van der Waals surface area contributed by atoms with Gasteiger partial charge in [0.1, 0.15) is 0 Å². The van der Waals surface area contributed by atoms with Crippen LogP contribution in [0.15, 0.2) is 48.7 Å². The smallest absolute Gasteiger partial charge is 0.0654 e. The van der Waals surface area contributed by atoms with Crippen LogP contribution in [0.5, 0.6) is 0 Å². The monoisotopic (exact) mass is 240 g/mol. The molecule has 0 aliphatic rings. The van der Waals surface area contributed by atoms with Crippen molar-refractivity contribution in [1.29, 1.82) is 0 Å². The molecule has 2 rings (SSSR count). The first-order valence-corrected chi connectivity index (χ1v) is 6.43. The normalized spacial score (nSPS) is 12.6. The fourth-order valence-corrected chi connectivity index (χ4v) is 2.19. The number of fused-ring (bicyclic) bond motifs is 1. The van der Waals surface area contributed by atoms with Crippen molar-refractivity contribution in [3.63, 3.8) is 0 Å². The molecule has 0 radical (unpaired) electrons. The van der Waals surface area contributed by atoms with Gasteiger partial charge in [-0.05, 0) is 31.3 Å². The Bertz CT molecular complexity index is 540. The highest BCUT2D eigenvalue weighted by atomic mass is 14.9. The summed E-state index contributed by atoms with van der Waals surface area (Å²) >= 11 is 0. The summed E-state index contributed by atoms with van der Waals surface area (Å²) < 4.78 is 0. The van der Waals surface area contributed by atoms with Crippen LogP contribution in [0, 0.1) is 0 Å². The Kier molecular flexibility index (Phi) is 4.11. The summed E-state index contributed by atoms with van der Waals surface area (Å²) in [6.45, 7) is 6.24. The summed E-state index contributed by atoms with van der Waals surface area (Å²) in [5, 5.41) is 5.82. The van der Waals surface area contributed by atoms with Gasteiger partial charge in [-0.1, -0.05) is 43.3 Å². The van der Waals surface area contributed by atoms with Gasteiger partial charge in [-0.2, -0.15) is 0 Å². The van der Waals surface area contributed by atoms with E-state index < -0.39 is 0 Å². The molecule has 0 bridgehead atoms. The maximum absolute atomic E-state index is 4.56. The lowest BCUT2D eigenvalue weighted by Crippen LogP contribution is -2.18. The summed E-state index contributed by atoms with van der Waals surface area (Å²) in [6.07, 6.45) is 3.84. The molecule has 0 spiro atoms. The summed E-state index contributed by atoms with van der Waals surface area (Å²) in [5.41, 5.74) is 2.37. The third-order valence-corrected chi connectivity index (χ3v) is 3.38. The topological polar surface area (TPSA) is 24.9 Å². The summed E-state index contributed by atoms with van der Waals surface area (Å²) in [7, 11) is 1.98. The van der Waals surface area contributed by atoms with E-state index in [1.165, 1.54) is 16.3 Å². The largest absolute Gasteiger partial charge is 0.311 e. The molecule has 2 aromatic rings. The molecule has 94 valence electrons. The van der Waals surface area contributed by atoms with Crippen LogP contribution in [-0.4, -0.2) is 12.0 Å². The van der Waals surface area contributed by atoms with Gasteiger partial charge in [0.15, 0.2) is 0 Å². The Balaban J connectivity index is 2.41. The maximum atomic E-state index is 4.56. The van der Waals surface area contributed by atoms with E-state index in [4.69, 9.17) is 0 Å².